The number of hydrazine groups is 1. The van der Waals surface area contributed by atoms with Crippen molar-refractivity contribution in [1.29, 1.82) is 0 Å². The summed E-state index contributed by atoms with van der Waals surface area (Å²) in [5, 5.41) is 15.6. The second-order valence-corrected chi connectivity index (χ2v) is 11.4. The Bertz CT molecular complexity index is 1480. The summed E-state index contributed by atoms with van der Waals surface area (Å²) in [6.45, 7) is 5.36. The van der Waals surface area contributed by atoms with E-state index in [0.717, 1.165) is 16.1 Å². The van der Waals surface area contributed by atoms with Gasteiger partial charge in [0.05, 0.1) is 11.3 Å². The van der Waals surface area contributed by atoms with Gasteiger partial charge in [-0.1, -0.05) is 60.7 Å². The number of urea groups is 1. The highest BCUT2D eigenvalue weighted by atomic mass is 16.6. The number of carbonyl (C=O) groups is 5. The Morgan fingerprint density at radius 2 is 1.34 bits per heavy atom. The molecule has 1 atom stereocenters. The van der Waals surface area contributed by atoms with Crippen molar-refractivity contribution in [2.75, 3.05) is 11.6 Å². The molecule has 0 heterocycles. The molecule has 13 heteroatoms. The topological polar surface area (TPSA) is 173 Å². The fraction of sp³-hybridized carbons (Fsp3) is 0.324. The first kappa shape index (κ1) is 35.9. The van der Waals surface area contributed by atoms with Crippen molar-refractivity contribution in [3.63, 3.8) is 0 Å². The standard InChI is InChI=1S/C34H40N4O9/c1-34(2,3)47-33(44)37-38(27-19-17-26(18-20-27)30(41)45-22-24-12-6-4-7-13-24)31(42)36-28(29(39)40)16-10-11-21-35-32(43)46-23-25-14-8-5-9-15-25/h4-9,12-15,17-20,28H,10-11,16,21-23H2,1-3H3,(H,35,43)(H,36,42)(H,37,44)(H,39,40)/t28-/m0/s1. The molecule has 0 radical (unpaired) electrons. The van der Waals surface area contributed by atoms with E-state index in [4.69, 9.17) is 14.2 Å². The van der Waals surface area contributed by atoms with Crippen molar-refractivity contribution >= 4 is 35.8 Å². The van der Waals surface area contributed by atoms with E-state index in [0.29, 0.717) is 12.8 Å². The summed E-state index contributed by atoms with van der Waals surface area (Å²) in [5.74, 6) is -1.89. The van der Waals surface area contributed by atoms with Gasteiger partial charge in [0.15, 0.2) is 0 Å². The molecule has 250 valence electrons. The third-order valence-electron chi connectivity index (χ3n) is 6.38. The van der Waals surface area contributed by atoms with Gasteiger partial charge in [-0.05, 0) is 75.4 Å². The zero-order valence-electron chi connectivity index (χ0n) is 26.6. The van der Waals surface area contributed by atoms with Gasteiger partial charge < -0.3 is 30.0 Å². The number of unbranched alkanes of at least 4 members (excludes halogenated alkanes) is 1. The van der Waals surface area contributed by atoms with Gasteiger partial charge in [-0.15, -0.1) is 0 Å². The minimum Gasteiger partial charge on any atom is -0.480 e. The minimum absolute atomic E-state index is 0.0360. The molecule has 47 heavy (non-hydrogen) atoms. The number of rotatable bonds is 13. The van der Waals surface area contributed by atoms with Gasteiger partial charge in [0.1, 0.15) is 24.9 Å². The molecule has 3 aromatic carbocycles. The van der Waals surface area contributed by atoms with Gasteiger partial charge in [0.25, 0.3) is 0 Å². The number of carboxylic acids is 1. The average Bonchev–Trinajstić information content (AvgIpc) is 3.04. The number of hydrogen-bond acceptors (Lipinski definition) is 8. The molecule has 0 unspecified atom stereocenters. The van der Waals surface area contributed by atoms with Crippen LogP contribution >= 0.6 is 0 Å². The summed E-state index contributed by atoms with van der Waals surface area (Å²) in [4.78, 5) is 62.4. The normalized spacial score (nSPS) is 11.4. The molecule has 0 bridgehead atoms. The average molecular weight is 649 g/mol. The Morgan fingerprint density at radius 1 is 0.766 bits per heavy atom. The minimum atomic E-state index is -1.32. The van der Waals surface area contributed by atoms with E-state index < -0.39 is 41.8 Å². The summed E-state index contributed by atoms with van der Waals surface area (Å²) < 4.78 is 15.8. The zero-order chi connectivity index (χ0) is 34.2. The van der Waals surface area contributed by atoms with E-state index in [-0.39, 0.29) is 37.4 Å². The summed E-state index contributed by atoms with van der Waals surface area (Å²) in [6.07, 6.45) is -0.765. The highest BCUT2D eigenvalue weighted by Crippen LogP contribution is 2.17. The summed E-state index contributed by atoms with van der Waals surface area (Å²) >= 11 is 0. The molecule has 0 aliphatic heterocycles. The maximum atomic E-state index is 13.3. The monoisotopic (exact) mass is 648 g/mol. The maximum Gasteiger partial charge on any atom is 0.427 e. The van der Waals surface area contributed by atoms with E-state index in [1.54, 1.807) is 20.8 Å². The van der Waals surface area contributed by atoms with Gasteiger partial charge >= 0.3 is 30.2 Å². The van der Waals surface area contributed by atoms with Crippen LogP contribution in [-0.2, 0) is 32.2 Å². The Hall–Kier alpha value is -5.59. The van der Waals surface area contributed by atoms with Crippen LogP contribution in [0.15, 0.2) is 84.9 Å². The molecule has 0 fully saturated rings. The molecule has 0 saturated heterocycles. The van der Waals surface area contributed by atoms with Crippen LogP contribution in [0, 0.1) is 0 Å². The number of amides is 4. The Kier molecular flexibility index (Phi) is 13.6. The number of aliphatic carboxylic acids is 1. The Labute approximate surface area is 273 Å². The summed E-state index contributed by atoms with van der Waals surface area (Å²) in [6, 6.07) is 21.7. The molecule has 0 aromatic heterocycles. The lowest BCUT2D eigenvalue weighted by Gasteiger charge is -2.27. The van der Waals surface area contributed by atoms with Gasteiger partial charge in [0, 0.05) is 6.54 Å². The lowest BCUT2D eigenvalue weighted by Crippen LogP contribution is -2.55. The molecule has 3 aromatic rings. The third-order valence-corrected chi connectivity index (χ3v) is 6.38. The van der Waals surface area contributed by atoms with E-state index in [1.165, 1.54) is 24.3 Å². The number of nitrogens with one attached hydrogen (secondary N) is 3. The largest absolute Gasteiger partial charge is 0.480 e. The quantitative estimate of drug-likeness (QED) is 0.0802. The van der Waals surface area contributed by atoms with E-state index in [9.17, 15) is 29.1 Å². The van der Waals surface area contributed by atoms with E-state index in [2.05, 4.69) is 16.1 Å². The molecule has 13 nitrogen and oxygen atoms in total. The number of esters is 1. The summed E-state index contributed by atoms with van der Waals surface area (Å²) in [7, 11) is 0. The van der Waals surface area contributed by atoms with Crippen molar-refractivity contribution < 1.29 is 43.3 Å². The number of ether oxygens (including phenoxy) is 3. The predicted molar refractivity (Wildman–Crippen MR) is 172 cm³/mol. The van der Waals surface area contributed by atoms with Gasteiger partial charge in [-0.3, -0.25) is 0 Å². The van der Waals surface area contributed by atoms with Crippen LogP contribution in [0.5, 0.6) is 0 Å². The third kappa shape index (κ3) is 13.1. The van der Waals surface area contributed by atoms with E-state index in [1.807, 2.05) is 60.7 Å². The van der Waals surface area contributed by atoms with E-state index >= 15 is 0 Å². The van der Waals surface area contributed by atoms with Crippen LogP contribution in [0.3, 0.4) is 0 Å². The van der Waals surface area contributed by atoms with Crippen molar-refractivity contribution in [3.05, 3.63) is 102 Å². The maximum absolute atomic E-state index is 13.3. The SMILES string of the molecule is CC(C)(C)OC(=O)NN(C(=O)N[C@@H](CCCCNC(=O)OCc1ccccc1)C(=O)O)c1ccc(C(=O)OCc2ccccc2)cc1. The van der Waals surface area contributed by atoms with Crippen LogP contribution < -0.4 is 21.1 Å². The van der Waals surface area contributed by atoms with Crippen LogP contribution in [0.25, 0.3) is 0 Å². The number of nitrogens with zero attached hydrogens (tertiary/aromatic N) is 1. The van der Waals surface area contributed by atoms with Gasteiger partial charge in [0.2, 0.25) is 0 Å². The van der Waals surface area contributed by atoms with Gasteiger partial charge in [-0.2, -0.15) is 0 Å². The van der Waals surface area contributed by atoms with Crippen LogP contribution in [0.4, 0.5) is 20.1 Å². The Morgan fingerprint density at radius 3 is 1.89 bits per heavy atom. The van der Waals surface area contributed by atoms with Crippen molar-refractivity contribution in [2.45, 2.75) is 64.9 Å². The fourth-order valence-electron chi connectivity index (χ4n) is 4.09. The molecular weight excluding hydrogens is 608 g/mol. The number of anilines is 1. The number of carboxylic acid groups (broad SMARTS) is 1. The van der Waals surface area contributed by atoms with Crippen LogP contribution in [-0.4, -0.2) is 53.5 Å². The lowest BCUT2D eigenvalue weighted by molar-refractivity contribution is -0.139. The van der Waals surface area contributed by atoms with Crippen LogP contribution in [0.1, 0.15) is 61.5 Å². The van der Waals surface area contributed by atoms with Crippen LogP contribution in [0.2, 0.25) is 0 Å². The van der Waals surface area contributed by atoms with Crippen molar-refractivity contribution in [2.24, 2.45) is 0 Å². The molecule has 4 N–H and O–H groups in total. The zero-order valence-corrected chi connectivity index (χ0v) is 26.6. The van der Waals surface area contributed by atoms with Gasteiger partial charge in [-0.25, -0.2) is 34.4 Å². The smallest absolute Gasteiger partial charge is 0.427 e. The Balaban J connectivity index is 1.58. The molecule has 0 saturated carbocycles. The lowest BCUT2D eigenvalue weighted by atomic mass is 10.1. The molecule has 0 spiro atoms. The molecular formula is C34H40N4O9. The predicted octanol–water partition coefficient (Wildman–Crippen LogP) is 5.55. The number of alkyl carbamates (subject to hydrolysis) is 1. The highest BCUT2D eigenvalue weighted by Gasteiger charge is 2.27. The van der Waals surface area contributed by atoms with Crippen molar-refractivity contribution in [3.8, 4) is 0 Å². The molecule has 4 amide bonds. The molecule has 3 rings (SSSR count). The number of hydrogen-bond donors (Lipinski definition) is 4. The number of carbonyl (C=O) groups excluding carboxylic acids is 4. The molecule has 0 aliphatic carbocycles. The fourth-order valence-corrected chi connectivity index (χ4v) is 4.09. The molecule has 0 aliphatic rings. The number of benzene rings is 3. The summed E-state index contributed by atoms with van der Waals surface area (Å²) in [5.41, 5.74) is 3.42. The first-order valence-corrected chi connectivity index (χ1v) is 15.0. The highest BCUT2D eigenvalue weighted by molar-refractivity contribution is 5.97. The van der Waals surface area contributed by atoms with Crippen molar-refractivity contribution in [1.82, 2.24) is 16.1 Å². The first-order chi connectivity index (χ1) is 22.4. The second kappa shape index (κ2) is 17.8. The second-order valence-electron chi connectivity index (χ2n) is 11.4. The first-order valence-electron chi connectivity index (χ1n) is 15.0.